The molecule has 27 heavy (non-hydrogen) atoms. The second-order valence-corrected chi connectivity index (χ2v) is 7.13. The van der Waals surface area contributed by atoms with E-state index in [4.69, 9.17) is 11.6 Å². The molecule has 0 N–H and O–H groups in total. The van der Waals surface area contributed by atoms with Crippen molar-refractivity contribution in [2.45, 2.75) is 33.4 Å². The molecule has 0 bridgehead atoms. The third-order valence-electron chi connectivity index (χ3n) is 4.55. The minimum atomic E-state index is -0.0988. The van der Waals surface area contributed by atoms with E-state index in [1.54, 1.807) is 29.2 Å². The molecule has 7 heteroatoms. The second-order valence-electron chi connectivity index (χ2n) is 6.78. The Morgan fingerprint density at radius 2 is 1.96 bits per heavy atom. The first kappa shape index (κ1) is 19.2. The summed E-state index contributed by atoms with van der Waals surface area (Å²) < 4.78 is 3.68. The van der Waals surface area contributed by atoms with Gasteiger partial charge in [0.1, 0.15) is 5.15 Å². The van der Waals surface area contributed by atoms with Gasteiger partial charge in [0.15, 0.2) is 0 Å². The summed E-state index contributed by atoms with van der Waals surface area (Å²) >= 11 is 6.51. The topological polar surface area (TPSA) is 56.0 Å². The van der Waals surface area contributed by atoms with Gasteiger partial charge in [-0.3, -0.25) is 4.79 Å². The van der Waals surface area contributed by atoms with Crippen molar-refractivity contribution < 1.29 is 4.79 Å². The molecule has 142 valence electrons. The van der Waals surface area contributed by atoms with Gasteiger partial charge >= 0.3 is 0 Å². The molecule has 3 rings (SSSR count). The van der Waals surface area contributed by atoms with Gasteiger partial charge in [0.25, 0.3) is 5.91 Å². The fraction of sp³-hybridized carbons (Fsp3) is 0.350. The molecule has 0 aliphatic carbocycles. The zero-order chi connectivity index (χ0) is 19.4. The molecule has 1 amide bonds. The van der Waals surface area contributed by atoms with E-state index in [0.29, 0.717) is 29.5 Å². The Bertz CT molecular complexity index is 899. The zero-order valence-electron chi connectivity index (χ0n) is 15.9. The van der Waals surface area contributed by atoms with E-state index >= 15 is 0 Å². The fourth-order valence-electron chi connectivity index (χ4n) is 2.97. The van der Waals surface area contributed by atoms with Gasteiger partial charge in [0.05, 0.1) is 24.1 Å². The quantitative estimate of drug-likeness (QED) is 0.624. The van der Waals surface area contributed by atoms with Gasteiger partial charge in [-0.1, -0.05) is 41.4 Å². The van der Waals surface area contributed by atoms with Gasteiger partial charge in [0.2, 0.25) is 0 Å². The molecule has 1 aromatic carbocycles. The van der Waals surface area contributed by atoms with Crippen LogP contribution in [0.1, 0.15) is 33.6 Å². The molecule has 0 spiro atoms. The number of halogens is 1. The third-order valence-corrected chi connectivity index (χ3v) is 4.93. The summed E-state index contributed by atoms with van der Waals surface area (Å²) in [6, 6.07) is 8.21. The number of carbonyl (C=O) groups is 1. The molecular weight excluding hydrogens is 362 g/mol. The Balaban J connectivity index is 1.67. The molecule has 2 aromatic heterocycles. The summed E-state index contributed by atoms with van der Waals surface area (Å²) in [5.74, 6) is -0.0988. The summed E-state index contributed by atoms with van der Waals surface area (Å²) in [5, 5.41) is 4.87. The fourth-order valence-corrected chi connectivity index (χ4v) is 3.28. The van der Waals surface area contributed by atoms with Crippen molar-refractivity contribution in [2.24, 2.45) is 0 Å². The molecule has 0 atom stereocenters. The van der Waals surface area contributed by atoms with Gasteiger partial charge in [-0.15, -0.1) is 0 Å². The molecule has 2 heterocycles. The van der Waals surface area contributed by atoms with Gasteiger partial charge in [0, 0.05) is 32.5 Å². The van der Waals surface area contributed by atoms with Crippen molar-refractivity contribution in [1.29, 1.82) is 0 Å². The number of hydrogen-bond donors (Lipinski definition) is 0. The van der Waals surface area contributed by atoms with E-state index in [-0.39, 0.29) is 5.91 Å². The second kappa shape index (κ2) is 8.39. The SMILES string of the molecule is Cc1ccc(Cn2nc(C)c(C(=O)N(C)CCCn3ccnc3)c2Cl)cc1. The minimum absolute atomic E-state index is 0.0988. The van der Waals surface area contributed by atoms with Crippen molar-refractivity contribution in [1.82, 2.24) is 24.2 Å². The van der Waals surface area contributed by atoms with Crippen LogP contribution in [0.2, 0.25) is 5.15 Å². The summed E-state index contributed by atoms with van der Waals surface area (Å²) in [6.07, 6.45) is 6.28. The van der Waals surface area contributed by atoms with Gasteiger partial charge in [-0.05, 0) is 25.8 Å². The Labute approximate surface area is 164 Å². The van der Waals surface area contributed by atoms with Crippen molar-refractivity contribution in [3.05, 3.63) is 70.5 Å². The zero-order valence-corrected chi connectivity index (χ0v) is 16.6. The number of imidazole rings is 1. The summed E-state index contributed by atoms with van der Waals surface area (Å²) in [7, 11) is 1.79. The van der Waals surface area contributed by atoms with Crippen LogP contribution in [0.25, 0.3) is 0 Å². The molecule has 0 fully saturated rings. The van der Waals surface area contributed by atoms with Gasteiger partial charge in [-0.25, -0.2) is 9.67 Å². The van der Waals surface area contributed by atoms with Crippen molar-refractivity contribution >= 4 is 17.5 Å². The maximum absolute atomic E-state index is 12.9. The molecule has 0 radical (unpaired) electrons. The van der Waals surface area contributed by atoms with Crippen LogP contribution in [0.5, 0.6) is 0 Å². The number of hydrogen-bond acceptors (Lipinski definition) is 3. The van der Waals surface area contributed by atoms with Gasteiger partial charge < -0.3 is 9.47 Å². The maximum Gasteiger partial charge on any atom is 0.258 e. The first-order valence-electron chi connectivity index (χ1n) is 8.95. The predicted octanol–water partition coefficient (Wildman–Crippen LogP) is 3.56. The smallest absolute Gasteiger partial charge is 0.258 e. The highest BCUT2D eigenvalue weighted by Gasteiger charge is 2.23. The lowest BCUT2D eigenvalue weighted by Gasteiger charge is -2.17. The number of nitrogens with zero attached hydrogens (tertiary/aromatic N) is 5. The van der Waals surface area contributed by atoms with Crippen molar-refractivity contribution in [3.8, 4) is 0 Å². The average Bonchev–Trinajstić information content (AvgIpc) is 3.25. The Morgan fingerprint density at radius 3 is 2.63 bits per heavy atom. The van der Waals surface area contributed by atoms with E-state index in [9.17, 15) is 4.79 Å². The van der Waals surface area contributed by atoms with E-state index in [1.165, 1.54) is 5.56 Å². The Hall–Kier alpha value is -2.60. The molecule has 0 aliphatic heterocycles. The van der Waals surface area contributed by atoms with E-state index < -0.39 is 0 Å². The molecule has 6 nitrogen and oxygen atoms in total. The number of carbonyl (C=O) groups excluding carboxylic acids is 1. The number of benzene rings is 1. The first-order valence-corrected chi connectivity index (χ1v) is 9.33. The lowest BCUT2D eigenvalue weighted by Crippen LogP contribution is -2.29. The predicted molar refractivity (Wildman–Crippen MR) is 106 cm³/mol. The minimum Gasteiger partial charge on any atom is -0.341 e. The van der Waals surface area contributed by atoms with Crippen LogP contribution in [0.4, 0.5) is 0 Å². The normalized spacial score (nSPS) is 11.0. The van der Waals surface area contributed by atoms with Gasteiger partial charge in [-0.2, -0.15) is 5.10 Å². The maximum atomic E-state index is 12.9. The van der Waals surface area contributed by atoms with E-state index in [0.717, 1.165) is 18.5 Å². The van der Waals surface area contributed by atoms with Crippen LogP contribution < -0.4 is 0 Å². The monoisotopic (exact) mass is 385 g/mol. The number of aryl methyl sites for hydroxylation is 3. The molecule has 0 saturated carbocycles. The van der Waals surface area contributed by atoms with Crippen LogP contribution in [0.3, 0.4) is 0 Å². The molecule has 0 unspecified atom stereocenters. The Morgan fingerprint density at radius 1 is 1.22 bits per heavy atom. The molecule has 0 aliphatic rings. The van der Waals surface area contributed by atoms with Crippen molar-refractivity contribution in [2.75, 3.05) is 13.6 Å². The van der Waals surface area contributed by atoms with E-state index in [2.05, 4.69) is 22.2 Å². The van der Waals surface area contributed by atoms with Crippen molar-refractivity contribution in [3.63, 3.8) is 0 Å². The lowest BCUT2D eigenvalue weighted by molar-refractivity contribution is 0.0791. The lowest BCUT2D eigenvalue weighted by atomic mass is 10.1. The number of amides is 1. The number of rotatable bonds is 7. The molecule has 3 aromatic rings. The molecular formula is C20H24ClN5O. The van der Waals surface area contributed by atoms with E-state index in [1.807, 2.05) is 36.7 Å². The highest BCUT2D eigenvalue weighted by atomic mass is 35.5. The van der Waals surface area contributed by atoms with Crippen LogP contribution >= 0.6 is 11.6 Å². The van der Waals surface area contributed by atoms with Crippen LogP contribution in [-0.2, 0) is 13.1 Å². The molecule has 0 saturated heterocycles. The summed E-state index contributed by atoms with van der Waals surface area (Å²) in [6.45, 7) is 5.86. The highest BCUT2D eigenvalue weighted by molar-refractivity contribution is 6.33. The summed E-state index contributed by atoms with van der Waals surface area (Å²) in [5.41, 5.74) is 3.43. The Kier molecular flexibility index (Phi) is 5.96. The number of aromatic nitrogens is 4. The average molecular weight is 386 g/mol. The van der Waals surface area contributed by atoms with Crippen LogP contribution in [0.15, 0.2) is 43.0 Å². The standard InChI is InChI=1S/C20H24ClN5O/c1-15-5-7-17(8-6-15)13-26-19(21)18(16(2)23-26)20(27)24(3)10-4-11-25-12-9-22-14-25/h5-9,12,14H,4,10-11,13H2,1-3H3. The van der Waals surface area contributed by atoms with Crippen LogP contribution in [0, 0.1) is 13.8 Å². The third kappa shape index (κ3) is 4.57. The first-order chi connectivity index (χ1) is 13.0. The largest absolute Gasteiger partial charge is 0.341 e. The van der Waals surface area contributed by atoms with Crippen LogP contribution in [-0.4, -0.2) is 43.7 Å². The summed E-state index contributed by atoms with van der Waals surface area (Å²) in [4.78, 5) is 18.6. The highest BCUT2D eigenvalue weighted by Crippen LogP contribution is 2.22.